The van der Waals surface area contributed by atoms with E-state index in [0.717, 1.165) is 18.2 Å². The summed E-state index contributed by atoms with van der Waals surface area (Å²) < 4.78 is 50.6. The van der Waals surface area contributed by atoms with Gasteiger partial charge in [-0.25, -0.2) is 4.39 Å². The standard InChI is InChI=1S/C12H10F4O/c1-7(8(2)17)5-9-3-4-10(13)6-11(9)12(14,15)16/h3-6H,1-2H3/b7-5+. The average molecular weight is 246 g/mol. The van der Waals surface area contributed by atoms with E-state index in [1.165, 1.54) is 13.8 Å². The molecule has 0 aliphatic rings. The molecule has 0 unspecified atom stereocenters. The molecule has 0 spiro atoms. The van der Waals surface area contributed by atoms with E-state index in [-0.39, 0.29) is 16.9 Å². The summed E-state index contributed by atoms with van der Waals surface area (Å²) in [6.07, 6.45) is -3.55. The van der Waals surface area contributed by atoms with Crippen LogP contribution in [-0.2, 0) is 11.0 Å². The van der Waals surface area contributed by atoms with Gasteiger partial charge in [0.25, 0.3) is 0 Å². The van der Waals surface area contributed by atoms with Crippen molar-refractivity contribution < 1.29 is 22.4 Å². The first-order valence-corrected chi connectivity index (χ1v) is 4.78. The molecule has 17 heavy (non-hydrogen) atoms. The van der Waals surface area contributed by atoms with Crippen molar-refractivity contribution in [2.75, 3.05) is 0 Å². The zero-order chi connectivity index (χ0) is 13.2. The Morgan fingerprint density at radius 3 is 2.29 bits per heavy atom. The van der Waals surface area contributed by atoms with Crippen molar-refractivity contribution in [3.8, 4) is 0 Å². The van der Waals surface area contributed by atoms with E-state index < -0.39 is 17.6 Å². The molecule has 0 aliphatic carbocycles. The number of carbonyl (C=O) groups excluding carboxylic acids is 1. The number of rotatable bonds is 2. The minimum absolute atomic E-state index is 0.183. The summed E-state index contributed by atoms with van der Waals surface area (Å²) in [4.78, 5) is 11.0. The topological polar surface area (TPSA) is 17.1 Å². The lowest BCUT2D eigenvalue weighted by Gasteiger charge is -2.10. The second-order valence-corrected chi connectivity index (χ2v) is 3.61. The van der Waals surface area contributed by atoms with Gasteiger partial charge >= 0.3 is 6.18 Å². The van der Waals surface area contributed by atoms with Gasteiger partial charge in [-0.15, -0.1) is 0 Å². The highest BCUT2D eigenvalue weighted by molar-refractivity contribution is 5.97. The summed E-state index contributed by atoms with van der Waals surface area (Å²) in [5.74, 6) is -1.29. The van der Waals surface area contributed by atoms with E-state index in [1.54, 1.807) is 0 Å². The molecule has 0 heterocycles. The lowest BCUT2D eigenvalue weighted by atomic mass is 10.0. The number of benzene rings is 1. The summed E-state index contributed by atoms with van der Waals surface area (Å²) in [5.41, 5.74) is -1.12. The smallest absolute Gasteiger partial charge is 0.295 e. The molecule has 5 heteroatoms. The summed E-state index contributed by atoms with van der Waals surface area (Å²) in [5, 5.41) is 0. The van der Waals surface area contributed by atoms with E-state index in [4.69, 9.17) is 0 Å². The molecule has 0 atom stereocenters. The predicted octanol–water partition coefficient (Wildman–Crippen LogP) is 3.84. The van der Waals surface area contributed by atoms with Gasteiger partial charge in [-0.3, -0.25) is 4.79 Å². The largest absolute Gasteiger partial charge is 0.417 e. The molecule has 1 aromatic carbocycles. The lowest BCUT2D eigenvalue weighted by Crippen LogP contribution is -2.08. The Morgan fingerprint density at radius 2 is 1.82 bits per heavy atom. The first-order chi connectivity index (χ1) is 7.71. The Balaban J connectivity index is 3.35. The van der Waals surface area contributed by atoms with Gasteiger partial charge in [0.1, 0.15) is 5.82 Å². The highest BCUT2D eigenvalue weighted by atomic mass is 19.4. The van der Waals surface area contributed by atoms with E-state index >= 15 is 0 Å². The van der Waals surface area contributed by atoms with Crippen LogP contribution in [0.25, 0.3) is 6.08 Å². The fourth-order valence-electron chi connectivity index (χ4n) is 1.23. The molecule has 0 radical (unpaired) electrons. The van der Waals surface area contributed by atoms with Crippen LogP contribution in [0.1, 0.15) is 25.0 Å². The van der Waals surface area contributed by atoms with E-state index in [0.29, 0.717) is 6.07 Å². The number of ketones is 1. The van der Waals surface area contributed by atoms with Gasteiger partial charge in [0, 0.05) is 0 Å². The van der Waals surface area contributed by atoms with Crippen LogP contribution in [0.2, 0.25) is 0 Å². The van der Waals surface area contributed by atoms with Gasteiger partial charge in [0.2, 0.25) is 0 Å². The highest BCUT2D eigenvalue weighted by Gasteiger charge is 2.33. The fourth-order valence-corrected chi connectivity index (χ4v) is 1.23. The molecule has 0 aliphatic heterocycles. The number of allylic oxidation sites excluding steroid dienone is 1. The molecule has 0 fully saturated rings. The number of hydrogen-bond donors (Lipinski definition) is 0. The quantitative estimate of drug-likeness (QED) is 0.572. The Bertz CT molecular complexity index is 472. The third-order valence-corrected chi connectivity index (χ3v) is 2.25. The molecule has 0 saturated heterocycles. The summed E-state index contributed by atoms with van der Waals surface area (Å²) >= 11 is 0. The maximum Gasteiger partial charge on any atom is 0.417 e. The Morgan fingerprint density at radius 1 is 1.24 bits per heavy atom. The average Bonchev–Trinajstić information content (AvgIpc) is 2.18. The molecule has 0 bridgehead atoms. The second-order valence-electron chi connectivity index (χ2n) is 3.61. The minimum atomic E-state index is -4.65. The molecule has 1 rings (SSSR count). The first-order valence-electron chi connectivity index (χ1n) is 4.78. The van der Waals surface area contributed by atoms with Crippen LogP contribution >= 0.6 is 0 Å². The van der Waals surface area contributed by atoms with Crippen molar-refractivity contribution in [3.05, 3.63) is 40.7 Å². The zero-order valence-corrected chi connectivity index (χ0v) is 9.23. The number of carbonyl (C=O) groups is 1. The maximum atomic E-state index is 12.8. The third kappa shape index (κ3) is 3.41. The number of halogens is 4. The second kappa shape index (κ2) is 4.69. The first kappa shape index (κ1) is 13.4. The van der Waals surface area contributed by atoms with Crippen LogP contribution in [0.4, 0.5) is 17.6 Å². The Kier molecular flexibility index (Phi) is 3.70. The summed E-state index contributed by atoms with van der Waals surface area (Å²) in [6.45, 7) is 2.66. The lowest BCUT2D eigenvalue weighted by molar-refractivity contribution is -0.138. The minimum Gasteiger partial charge on any atom is -0.295 e. The molecule has 92 valence electrons. The van der Waals surface area contributed by atoms with Crippen LogP contribution in [0.3, 0.4) is 0 Å². The van der Waals surface area contributed by atoms with Crippen LogP contribution in [0, 0.1) is 5.82 Å². The molecule has 0 saturated carbocycles. The highest BCUT2D eigenvalue weighted by Crippen LogP contribution is 2.33. The third-order valence-electron chi connectivity index (χ3n) is 2.25. The van der Waals surface area contributed by atoms with Crippen molar-refractivity contribution in [1.82, 2.24) is 0 Å². The fraction of sp³-hybridized carbons (Fsp3) is 0.250. The van der Waals surface area contributed by atoms with Gasteiger partial charge in [-0.1, -0.05) is 6.07 Å². The van der Waals surface area contributed by atoms with Crippen LogP contribution in [-0.4, -0.2) is 5.78 Å². The molecule has 0 amide bonds. The monoisotopic (exact) mass is 246 g/mol. The Labute approximate surface area is 95.8 Å². The van der Waals surface area contributed by atoms with E-state index in [9.17, 15) is 22.4 Å². The predicted molar refractivity (Wildman–Crippen MR) is 55.7 cm³/mol. The van der Waals surface area contributed by atoms with Crippen LogP contribution in [0.5, 0.6) is 0 Å². The summed E-state index contributed by atoms with van der Waals surface area (Å²) in [6, 6.07) is 2.35. The molecule has 0 aromatic heterocycles. The van der Waals surface area contributed by atoms with Gasteiger partial charge in [0.05, 0.1) is 5.56 Å². The van der Waals surface area contributed by atoms with Gasteiger partial charge in [-0.2, -0.15) is 13.2 Å². The molecular formula is C12H10F4O. The van der Waals surface area contributed by atoms with Crippen molar-refractivity contribution in [2.24, 2.45) is 0 Å². The van der Waals surface area contributed by atoms with Gasteiger partial charge < -0.3 is 0 Å². The number of hydrogen-bond acceptors (Lipinski definition) is 1. The molecule has 1 nitrogen and oxygen atoms in total. The zero-order valence-electron chi connectivity index (χ0n) is 9.23. The Hall–Kier alpha value is -1.65. The van der Waals surface area contributed by atoms with Crippen LogP contribution < -0.4 is 0 Å². The van der Waals surface area contributed by atoms with Crippen molar-refractivity contribution in [1.29, 1.82) is 0 Å². The molecule has 0 N–H and O–H groups in total. The molecular weight excluding hydrogens is 236 g/mol. The van der Waals surface area contributed by atoms with E-state index in [2.05, 4.69) is 0 Å². The SMILES string of the molecule is CC(=O)/C(C)=C/c1ccc(F)cc1C(F)(F)F. The number of alkyl halides is 3. The van der Waals surface area contributed by atoms with Gasteiger partial charge in [-0.05, 0) is 43.2 Å². The summed E-state index contributed by atoms with van der Waals surface area (Å²) in [7, 11) is 0. The normalized spacial score (nSPS) is 12.7. The molecule has 1 aromatic rings. The van der Waals surface area contributed by atoms with E-state index in [1.807, 2.05) is 0 Å². The van der Waals surface area contributed by atoms with Gasteiger partial charge in [0.15, 0.2) is 5.78 Å². The van der Waals surface area contributed by atoms with Crippen LogP contribution in [0.15, 0.2) is 23.8 Å². The van der Waals surface area contributed by atoms with Crippen molar-refractivity contribution >= 4 is 11.9 Å². The van der Waals surface area contributed by atoms with Crippen molar-refractivity contribution in [3.63, 3.8) is 0 Å². The number of Topliss-reactive ketones (excluding diaryl/α,β-unsaturated/α-hetero) is 1. The maximum absolute atomic E-state index is 12.8. The van der Waals surface area contributed by atoms with Crippen molar-refractivity contribution in [2.45, 2.75) is 20.0 Å².